The summed E-state index contributed by atoms with van der Waals surface area (Å²) in [4.78, 5) is 9.87. The minimum atomic E-state index is -5.17. The molecule has 0 bridgehead atoms. The minimum absolute atomic E-state index is 0. The van der Waals surface area contributed by atoms with E-state index in [1.165, 1.54) is 64.2 Å². The Morgan fingerprint density at radius 2 is 0.750 bits per heavy atom. The van der Waals surface area contributed by atoms with Crippen LogP contribution in [0.4, 0.5) is 0 Å². The van der Waals surface area contributed by atoms with Crippen molar-refractivity contribution in [2.45, 2.75) is 77.0 Å². The zero-order valence-electron chi connectivity index (χ0n) is 15.2. The smallest absolute Gasteiger partial charge is 0.759 e. The molecule has 0 saturated carbocycles. The van der Waals surface area contributed by atoms with Crippen LogP contribution in [0, 0.1) is 0 Å². The van der Waals surface area contributed by atoms with Gasteiger partial charge in [-0.3, -0.25) is 8.42 Å². The van der Waals surface area contributed by atoms with Crippen molar-refractivity contribution in [2.75, 3.05) is 13.2 Å². The molecule has 1 fully saturated rings. The average molecular weight is 386 g/mol. The van der Waals surface area contributed by atoms with E-state index in [1.54, 1.807) is 0 Å². The van der Waals surface area contributed by atoms with Crippen LogP contribution in [0.5, 0.6) is 0 Å². The molecule has 0 aromatic carbocycles. The maximum Gasteiger partial charge on any atom is 1.00 e. The standard InChI is InChI=1S/C14H28O3.2Na.H2O4S/c1-2-4-6-8-10-12-14-16-17-15-13-11-9-7-5-3-1;;;1-5(2,3)4/h1-14H2;;;(H2,1,2,3,4)/q;2*+1;/p-2. The molecule has 1 aliphatic rings. The molecule has 0 aromatic rings. The van der Waals surface area contributed by atoms with Gasteiger partial charge in [-0.05, 0) is 12.8 Å². The summed E-state index contributed by atoms with van der Waals surface area (Å²) in [7, 11) is -5.17. The van der Waals surface area contributed by atoms with Crippen molar-refractivity contribution in [1.29, 1.82) is 0 Å². The van der Waals surface area contributed by atoms with E-state index < -0.39 is 10.4 Å². The second kappa shape index (κ2) is 22.8. The predicted octanol–water partition coefficient (Wildman–Crippen LogP) is -2.77. The van der Waals surface area contributed by atoms with E-state index in [2.05, 4.69) is 5.04 Å². The average Bonchev–Trinajstić information content (AvgIpc) is 2.42. The first-order valence-electron chi connectivity index (χ1n) is 8.08. The van der Waals surface area contributed by atoms with Crippen LogP contribution in [0.2, 0.25) is 0 Å². The molecule has 10 heteroatoms. The molecule has 0 radical (unpaired) electrons. The molecule has 1 saturated heterocycles. The Morgan fingerprint density at radius 1 is 0.542 bits per heavy atom. The monoisotopic (exact) mass is 386 g/mol. The van der Waals surface area contributed by atoms with Crippen molar-refractivity contribution >= 4 is 10.4 Å². The molecule has 0 amide bonds. The fourth-order valence-corrected chi connectivity index (χ4v) is 2.19. The van der Waals surface area contributed by atoms with E-state index in [-0.39, 0.29) is 59.1 Å². The van der Waals surface area contributed by atoms with Crippen molar-refractivity contribution in [1.82, 2.24) is 0 Å². The van der Waals surface area contributed by atoms with Gasteiger partial charge in [0.2, 0.25) is 0 Å². The third-order valence-electron chi connectivity index (χ3n) is 3.30. The summed E-state index contributed by atoms with van der Waals surface area (Å²) in [5.41, 5.74) is 0. The second-order valence-corrected chi connectivity index (χ2v) is 6.18. The van der Waals surface area contributed by atoms with Gasteiger partial charge < -0.3 is 9.11 Å². The molecule has 0 aliphatic carbocycles. The van der Waals surface area contributed by atoms with Gasteiger partial charge >= 0.3 is 59.1 Å². The van der Waals surface area contributed by atoms with Crippen LogP contribution in [0.15, 0.2) is 0 Å². The topological polar surface area (TPSA) is 108 Å². The number of rotatable bonds is 0. The summed E-state index contributed by atoms with van der Waals surface area (Å²) in [5.74, 6) is 0. The Balaban J connectivity index is -0.000000554. The molecule has 24 heavy (non-hydrogen) atoms. The van der Waals surface area contributed by atoms with Gasteiger partial charge in [-0.25, -0.2) is 9.78 Å². The Bertz CT molecular complexity index is 252. The molecular formula is C14H28Na2O7S. The van der Waals surface area contributed by atoms with E-state index in [1.807, 2.05) is 0 Å². The second-order valence-electron chi connectivity index (χ2n) is 5.36. The summed E-state index contributed by atoms with van der Waals surface area (Å²) < 4.78 is 34.1. The van der Waals surface area contributed by atoms with E-state index in [0.29, 0.717) is 13.2 Å². The fourth-order valence-electron chi connectivity index (χ4n) is 2.19. The van der Waals surface area contributed by atoms with Gasteiger partial charge in [0.05, 0.1) is 13.2 Å². The summed E-state index contributed by atoms with van der Waals surface area (Å²) in [6.07, 6.45) is 15.7. The molecule has 0 N–H and O–H groups in total. The van der Waals surface area contributed by atoms with Crippen LogP contribution in [0.1, 0.15) is 77.0 Å². The SMILES string of the molecule is C1CCCCCCCOOOCCCCCC1.O=S(=O)([O-])[O-].[Na+].[Na+]. The molecule has 134 valence electrons. The van der Waals surface area contributed by atoms with Crippen LogP contribution in [-0.4, -0.2) is 30.7 Å². The Morgan fingerprint density at radius 3 is 1.00 bits per heavy atom. The van der Waals surface area contributed by atoms with Crippen LogP contribution in [-0.2, 0) is 25.2 Å². The summed E-state index contributed by atoms with van der Waals surface area (Å²) in [6.45, 7) is 1.31. The van der Waals surface area contributed by atoms with Gasteiger partial charge in [-0.15, -0.1) is 0 Å². The fraction of sp³-hybridized carbons (Fsp3) is 1.00. The Kier molecular flexibility index (Phi) is 28.9. The first-order valence-corrected chi connectivity index (χ1v) is 9.41. The molecule has 0 atom stereocenters. The molecule has 1 aliphatic heterocycles. The predicted molar refractivity (Wildman–Crippen MR) is 78.9 cm³/mol. The van der Waals surface area contributed by atoms with E-state index in [0.717, 1.165) is 12.8 Å². The Labute approximate surface area is 190 Å². The maximum atomic E-state index is 8.52. The van der Waals surface area contributed by atoms with Gasteiger partial charge in [0.25, 0.3) is 0 Å². The van der Waals surface area contributed by atoms with Gasteiger partial charge in [0.15, 0.2) is 0 Å². The zero-order valence-corrected chi connectivity index (χ0v) is 20.0. The minimum Gasteiger partial charge on any atom is -0.759 e. The van der Waals surface area contributed by atoms with Gasteiger partial charge in [-0.2, -0.15) is 0 Å². The van der Waals surface area contributed by atoms with E-state index in [4.69, 9.17) is 27.3 Å². The summed E-state index contributed by atoms with van der Waals surface area (Å²) in [5, 5.41) is 4.66. The normalized spacial score (nSPS) is 19.4. The molecule has 0 spiro atoms. The van der Waals surface area contributed by atoms with Gasteiger partial charge in [0, 0.05) is 10.4 Å². The molecular weight excluding hydrogens is 358 g/mol. The third kappa shape index (κ3) is 35.0. The van der Waals surface area contributed by atoms with Crippen LogP contribution >= 0.6 is 0 Å². The van der Waals surface area contributed by atoms with Crippen molar-refractivity contribution in [3.05, 3.63) is 0 Å². The molecule has 1 rings (SSSR count). The van der Waals surface area contributed by atoms with Gasteiger partial charge in [0.1, 0.15) is 0 Å². The molecule has 7 nitrogen and oxygen atoms in total. The largest absolute Gasteiger partial charge is 1.00 e. The summed E-state index contributed by atoms with van der Waals surface area (Å²) in [6, 6.07) is 0. The van der Waals surface area contributed by atoms with E-state index >= 15 is 0 Å². The van der Waals surface area contributed by atoms with Crippen LogP contribution in [0.25, 0.3) is 0 Å². The van der Waals surface area contributed by atoms with Crippen LogP contribution < -0.4 is 59.1 Å². The molecule has 1 heterocycles. The van der Waals surface area contributed by atoms with Crippen molar-refractivity contribution in [2.24, 2.45) is 0 Å². The van der Waals surface area contributed by atoms with Crippen LogP contribution in [0.3, 0.4) is 0 Å². The quantitative estimate of drug-likeness (QED) is 0.192. The first kappa shape index (κ1) is 30.5. The Hall–Kier alpha value is 1.75. The number of hydrogen-bond donors (Lipinski definition) is 0. The van der Waals surface area contributed by atoms with Gasteiger partial charge in [-0.1, -0.05) is 69.2 Å². The first-order chi connectivity index (χ1) is 10.5. The van der Waals surface area contributed by atoms with Crippen molar-refractivity contribution in [3.63, 3.8) is 0 Å². The zero-order chi connectivity index (χ0) is 16.5. The number of hydrogen-bond acceptors (Lipinski definition) is 7. The van der Waals surface area contributed by atoms with E-state index in [9.17, 15) is 0 Å². The van der Waals surface area contributed by atoms with Crippen molar-refractivity contribution in [3.8, 4) is 0 Å². The molecule has 0 aromatic heterocycles. The summed E-state index contributed by atoms with van der Waals surface area (Å²) >= 11 is 0. The molecule has 0 unspecified atom stereocenters. The van der Waals surface area contributed by atoms with Crippen molar-refractivity contribution < 1.29 is 91.5 Å². The maximum absolute atomic E-state index is 8.52. The third-order valence-corrected chi connectivity index (χ3v) is 3.30.